The van der Waals surface area contributed by atoms with Gasteiger partial charge in [-0.25, -0.2) is 4.98 Å². The second kappa shape index (κ2) is 16.6. The molecule has 16 aromatic rings. The number of hydrogen-bond acceptors (Lipinski definition) is 2. The molecule has 76 heavy (non-hydrogen) atoms. The number of benzene rings is 10. The Morgan fingerprint density at radius 2 is 0.526 bits per heavy atom. The Balaban J connectivity index is 1.19. The van der Waals surface area contributed by atoms with Crippen molar-refractivity contribution in [3.63, 3.8) is 0 Å². The Hall–Kier alpha value is -10.3. The molecule has 6 aromatic heterocycles. The highest BCUT2D eigenvalue weighted by atomic mass is 15.2. The molecule has 0 fully saturated rings. The van der Waals surface area contributed by atoms with E-state index < -0.39 is 0 Å². The van der Waals surface area contributed by atoms with Crippen molar-refractivity contribution in [2.75, 3.05) is 0 Å². The smallest absolute Gasteiger partial charge is 0.165 e. The van der Waals surface area contributed by atoms with Crippen LogP contribution in [0.5, 0.6) is 0 Å². The van der Waals surface area contributed by atoms with Crippen LogP contribution in [0.25, 0.3) is 144 Å². The van der Waals surface area contributed by atoms with Crippen molar-refractivity contribution in [2.24, 2.45) is 0 Å². The lowest BCUT2D eigenvalue weighted by Crippen LogP contribution is -2.16. The third-order valence-corrected chi connectivity index (χ3v) is 15.7. The second-order valence-electron chi connectivity index (χ2n) is 19.7. The molecule has 0 bridgehead atoms. The number of hydrogen-bond donors (Lipinski definition) is 0. The van der Waals surface area contributed by atoms with Gasteiger partial charge in [-0.05, 0) is 101 Å². The zero-order chi connectivity index (χ0) is 49.8. The summed E-state index contributed by atoms with van der Waals surface area (Å²) in [7, 11) is 0. The van der Waals surface area contributed by atoms with E-state index >= 15 is 0 Å². The first kappa shape index (κ1) is 42.2. The average molecular weight is 969 g/mol. The molecule has 0 saturated carbocycles. The lowest BCUT2D eigenvalue weighted by Gasteiger charge is -2.26. The lowest BCUT2D eigenvalue weighted by atomic mass is 10.0. The summed E-state index contributed by atoms with van der Waals surface area (Å²) in [6, 6.07) is 92.6. The first-order valence-corrected chi connectivity index (χ1v) is 25.9. The van der Waals surface area contributed by atoms with Crippen molar-refractivity contribution in [2.45, 2.75) is 0 Å². The highest BCUT2D eigenvalue weighted by Crippen LogP contribution is 2.49. The predicted octanol–water partition coefficient (Wildman–Crippen LogP) is 17.9. The maximum Gasteiger partial charge on any atom is 0.165 e. The normalized spacial score (nSPS) is 11.9. The summed E-state index contributed by atoms with van der Waals surface area (Å²) in [4.78, 5) is 11.1. The number of rotatable bonds is 7. The Kier molecular flexibility index (Phi) is 9.23. The van der Waals surface area contributed by atoms with Gasteiger partial charge in [-0.3, -0.25) is 14.1 Å². The first-order chi connectivity index (χ1) is 37.8. The predicted molar refractivity (Wildman–Crippen MR) is 316 cm³/mol. The molecule has 0 aliphatic rings. The van der Waals surface area contributed by atoms with Gasteiger partial charge in [0.25, 0.3) is 0 Å². The van der Waals surface area contributed by atoms with Gasteiger partial charge < -0.3 is 9.13 Å². The Morgan fingerprint density at radius 3 is 0.882 bits per heavy atom. The monoisotopic (exact) mass is 968 g/mol. The number of nitrogens with zero attached hydrogens (tertiary/aromatic N) is 6. The molecule has 0 aliphatic heterocycles. The summed E-state index contributed by atoms with van der Waals surface area (Å²) in [5.74, 6) is 1.59. The van der Waals surface area contributed by atoms with Gasteiger partial charge in [0.2, 0.25) is 0 Å². The van der Waals surface area contributed by atoms with Crippen LogP contribution in [-0.2, 0) is 0 Å². The van der Waals surface area contributed by atoms with E-state index in [0.717, 1.165) is 133 Å². The molecule has 0 aliphatic carbocycles. The lowest BCUT2D eigenvalue weighted by molar-refractivity contribution is 0.961. The SMILES string of the molecule is c1ccc(-c2ccc3c(c2)c2cc(-c4ccccc4)ccc2n3-c2nc(-n3c4ccccc4c4ccccc43)c(-n3c4ccccc4c4ccccc43)c(-c3ccncc3)c2-n2c3ccccc3c3ccccc32)cc1. The number of pyridine rings is 2. The van der Waals surface area contributed by atoms with Crippen LogP contribution in [0.2, 0.25) is 0 Å². The molecule has 6 heteroatoms. The molecule has 0 N–H and O–H groups in total. The van der Waals surface area contributed by atoms with Gasteiger partial charge >= 0.3 is 0 Å². The molecule has 6 heterocycles. The number of aromatic nitrogens is 6. The van der Waals surface area contributed by atoms with Crippen molar-refractivity contribution >= 4 is 87.2 Å². The molecule has 354 valence electrons. The second-order valence-corrected chi connectivity index (χ2v) is 19.7. The fourth-order valence-electron chi connectivity index (χ4n) is 12.4. The minimum Gasteiger partial charge on any atom is -0.305 e. The summed E-state index contributed by atoms with van der Waals surface area (Å²) in [6.07, 6.45) is 3.86. The molecule has 0 saturated heterocycles. The van der Waals surface area contributed by atoms with Crippen LogP contribution in [0.4, 0.5) is 0 Å². The van der Waals surface area contributed by atoms with E-state index in [1.54, 1.807) is 0 Å². The summed E-state index contributed by atoms with van der Waals surface area (Å²) in [5, 5.41) is 9.25. The summed E-state index contributed by atoms with van der Waals surface area (Å²) < 4.78 is 9.84. The van der Waals surface area contributed by atoms with E-state index in [-0.39, 0.29) is 0 Å². The van der Waals surface area contributed by atoms with Gasteiger partial charge in [-0.15, -0.1) is 0 Å². The van der Waals surface area contributed by atoms with E-state index in [2.05, 4.69) is 273 Å². The summed E-state index contributed by atoms with van der Waals surface area (Å²) >= 11 is 0. The van der Waals surface area contributed by atoms with Gasteiger partial charge in [0.15, 0.2) is 11.6 Å². The zero-order valence-corrected chi connectivity index (χ0v) is 41.1. The number of fused-ring (bicyclic) bond motifs is 12. The maximum atomic E-state index is 6.41. The van der Waals surface area contributed by atoms with Crippen LogP contribution in [-0.4, -0.2) is 28.2 Å². The van der Waals surface area contributed by atoms with Crippen molar-refractivity contribution in [3.05, 3.63) is 267 Å². The van der Waals surface area contributed by atoms with E-state index in [0.29, 0.717) is 0 Å². The third-order valence-electron chi connectivity index (χ3n) is 15.7. The molecule has 16 rings (SSSR count). The van der Waals surface area contributed by atoms with Crippen LogP contribution in [0.1, 0.15) is 0 Å². The Bertz CT molecular complexity index is 4720. The van der Waals surface area contributed by atoms with Crippen molar-refractivity contribution in [1.82, 2.24) is 28.2 Å². The maximum absolute atomic E-state index is 6.41. The summed E-state index contributed by atoms with van der Waals surface area (Å²) in [5.41, 5.74) is 17.1. The Morgan fingerprint density at radius 1 is 0.224 bits per heavy atom. The molecule has 0 amide bonds. The van der Waals surface area contributed by atoms with Gasteiger partial charge in [0, 0.05) is 61.0 Å². The molecule has 0 atom stereocenters. The van der Waals surface area contributed by atoms with Crippen LogP contribution in [0.3, 0.4) is 0 Å². The molecule has 6 nitrogen and oxygen atoms in total. The molecule has 0 unspecified atom stereocenters. The highest BCUT2D eigenvalue weighted by Gasteiger charge is 2.32. The average Bonchev–Trinajstić information content (AvgIpc) is 4.33. The largest absolute Gasteiger partial charge is 0.305 e. The van der Waals surface area contributed by atoms with Gasteiger partial charge in [0.05, 0.1) is 44.1 Å². The molecule has 10 aromatic carbocycles. The van der Waals surface area contributed by atoms with Gasteiger partial charge in [-0.1, -0.05) is 182 Å². The Labute approximate surface area is 436 Å². The van der Waals surface area contributed by atoms with Crippen LogP contribution >= 0.6 is 0 Å². The molecular formula is C70H44N6. The van der Waals surface area contributed by atoms with Gasteiger partial charge in [0.1, 0.15) is 11.4 Å². The minimum absolute atomic E-state index is 0.791. The van der Waals surface area contributed by atoms with E-state index in [4.69, 9.17) is 9.97 Å². The number of para-hydroxylation sites is 6. The quantitative estimate of drug-likeness (QED) is 0.160. The molecule has 0 spiro atoms. The standard InChI is InChI=1S/C70H44N6/c1-3-19-45(20-4-1)48-35-37-64-56(43-48)57-44-49(46-21-5-2-6-22-46)36-38-65(57)76(64)70-68(74-60-31-15-9-25-52(60)53-26-10-16-32-61(53)74)66(47-39-41-71-42-40-47)67(73-58-29-13-7-23-50(58)51-24-8-14-30-59(51)73)69(72-70)75-62-33-17-11-27-54(62)55-28-12-18-34-63(55)75/h1-44H. The molecule has 0 radical (unpaired) electrons. The topological polar surface area (TPSA) is 45.5 Å². The van der Waals surface area contributed by atoms with E-state index in [1.807, 2.05) is 12.4 Å². The van der Waals surface area contributed by atoms with Crippen LogP contribution in [0.15, 0.2) is 267 Å². The fraction of sp³-hybridized carbons (Fsp3) is 0. The highest BCUT2D eigenvalue weighted by molar-refractivity contribution is 6.16. The van der Waals surface area contributed by atoms with Crippen LogP contribution < -0.4 is 0 Å². The van der Waals surface area contributed by atoms with Crippen molar-refractivity contribution < 1.29 is 0 Å². The van der Waals surface area contributed by atoms with Gasteiger partial charge in [-0.2, -0.15) is 0 Å². The fourth-order valence-corrected chi connectivity index (χ4v) is 12.4. The van der Waals surface area contributed by atoms with E-state index in [1.165, 1.54) is 10.8 Å². The van der Waals surface area contributed by atoms with Crippen molar-refractivity contribution in [3.8, 4) is 56.4 Å². The van der Waals surface area contributed by atoms with Crippen molar-refractivity contribution in [1.29, 1.82) is 0 Å². The van der Waals surface area contributed by atoms with E-state index in [9.17, 15) is 0 Å². The molecular weight excluding hydrogens is 925 g/mol. The zero-order valence-electron chi connectivity index (χ0n) is 41.1. The van der Waals surface area contributed by atoms with Crippen LogP contribution in [0, 0.1) is 0 Å². The third kappa shape index (κ3) is 6.16. The first-order valence-electron chi connectivity index (χ1n) is 25.9. The summed E-state index contributed by atoms with van der Waals surface area (Å²) in [6.45, 7) is 0. The minimum atomic E-state index is 0.791.